The van der Waals surface area contributed by atoms with E-state index in [1.54, 1.807) is 0 Å². The van der Waals surface area contributed by atoms with Gasteiger partial charge in [-0.05, 0) is 37.8 Å². The number of rotatable bonds is 4. The topological polar surface area (TPSA) is 12.0 Å². The van der Waals surface area contributed by atoms with E-state index in [-0.39, 0.29) is 0 Å². The van der Waals surface area contributed by atoms with Gasteiger partial charge in [-0.3, -0.25) is 0 Å². The van der Waals surface area contributed by atoms with Gasteiger partial charge in [0.1, 0.15) is 0 Å². The van der Waals surface area contributed by atoms with Gasteiger partial charge in [0.2, 0.25) is 0 Å². The van der Waals surface area contributed by atoms with E-state index in [9.17, 15) is 0 Å². The van der Waals surface area contributed by atoms with Crippen LogP contribution in [0.5, 0.6) is 0 Å². The lowest BCUT2D eigenvalue weighted by Crippen LogP contribution is -2.34. The van der Waals surface area contributed by atoms with E-state index in [4.69, 9.17) is 0 Å². The smallest absolute Gasteiger partial charge is 0.00203 e. The van der Waals surface area contributed by atoms with Crippen molar-refractivity contribution in [2.75, 3.05) is 13.1 Å². The van der Waals surface area contributed by atoms with E-state index < -0.39 is 0 Å². The van der Waals surface area contributed by atoms with Crippen molar-refractivity contribution in [3.8, 4) is 0 Å². The van der Waals surface area contributed by atoms with Crippen molar-refractivity contribution in [2.45, 2.75) is 46.0 Å². The van der Waals surface area contributed by atoms with E-state index in [1.807, 2.05) is 0 Å². The van der Waals surface area contributed by atoms with Gasteiger partial charge in [-0.2, -0.15) is 0 Å². The molecule has 0 aromatic carbocycles. The van der Waals surface area contributed by atoms with Crippen LogP contribution >= 0.6 is 0 Å². The number of unbranched alkanes of at least 4 members (excludes halogenated alkanes) is 2. The van der Waals surface area contributed by atoms with Crippen LogP contribution in [0.15, 0.2) is 0 Å². The van der Waals surface area contributed by atoms with E-state index in [2.05, 4.69) is 19.2 Å². The standard InChI is InChI=1S/C11H23N/c1-3-4-5-6-11-7-10(2)8-12-9-11/h10-12H,3-9H2,1-2H3. The lowest BCUT2D eigenvalue weighted by atomic mass is 9.88. The highest BCUT2D eigenvalue weighted by Crippen LogP contribution is 2.20. The largest absolute Gasteiger partial charge is 0.316 e. The van der Waals surface area contributed by atoms with Gasteiger partial charge in [-0.1, -0.05) is 33.1 Å². The zero-order valence-electron chi connectivity index (χ0n) is 8.60. The second-order valence-corrected chi connectivity index (χ2v) is 4.36. The molecular formula is C11H23N. The Hall–Kier alpha value is -0.0400. The summed E-state index contributed by atoms with van der Waals surface area (Å²) in [7, 11) is 0. The summed E-state index contributed by atoms with van der Waals surface area (Å²) in [5.41, 5.74) is 0. The van der Waals surface area contributed by atoms with E-state index >= 15 is 0 Å². The average Bonchev–Trinajstić information content (AvgIpc) is 2.05. The SMILES string of the molecule is CCCCCC1CNCC(C)C1. The third-order valence-electron chi connectivity index (χ3n) is 2.88. The van der Waals surface area contributed by atoms with Gasteiger partial charge in [0.05, 0.1) is 0 Å². The Balaban J connectivity index is 2.06. The first-order valence-corrected chi connectivity index (χ1v) is 5.53. The summed E-state index contributed by atoms with van der Waals surface area (Å²) in [4.78, 5) is 0. The highest BCUT2D eigenvalue weighted by Gasteiger charge is 2.17. The molecule has 1 fully saturated rings. The Kier molecular flexibility index (Phi) is 4.67. The van der Waals surface area contributed by atoms with Crippen molar-refractivity contribution >= 4 is 0 Å². The number of hydrogen-bond acceptors (Lipinski definition) is 1. The summed E-state index contributed by atoms with van der Waals surface area (Å²) in [6.07, 6.45) is 7.12. The van der Waals surface area contributed by atoms with Crippen molar-refractivity contribution in [3.05, 3.63) is 0 Å². The predicted molar refractivity (Wildman–Crippen MR) is 54.3 cm³/mol. The molecule has 72 valence electrons. The predicted octanol–water partition coefficient (Wildman–Crippen LogP) is 2.81. The number of piperidine rings is 1. The van der Waals surface area contributed by atoms with Crippen LogP contribution in [-0.2, 0) is 0 Å². The normalized spacial score (nSPS) is 30.5. The van der Waals surface area contributed by atoms with Crippen LogP contribution in [-0.4, -0.2) is 13.1 Å². The molecule has 1 aliphatic heterocycles. The quantitative estimate of drug-likeness (QED) is 0.638. The Morgan fingerprint density at radius 3 is 2.75 bits per heavy atom. The lowest BCUT2D eigenvalue weighted by Gasteiger charge is -2.27. The van der Waals surface area contributed by atoms with Crippen LogP contribution in [0.4, 0.5) is 0 Å². The molecule has 12 heavy (non-hydrogen) atoms. The molecule has 0 spiro atoms. The van der Waals surface area contributed by atoms with Crippen LogP contribution in [0.25, 0.3) is 0 Å². The first-order valence-electron chi connectivity index (χ1n) is 5.53. The third-order valence-corrected chi connectivity index (χ3v) is 2.88. The summed E-state index contributed by atoms with van der Waals surface area (Å²) >= 11 is 0. The maximum absolute atomic E-state index is 3.51. The second kappa shape index (κ2) is 5.58. The van der Waals surface area contributed by atoms with Gasteiger partial charge >= 0.3 is 0 Å². The fourth-order valence-corrected chi connectivity index (χ4v) is 2.17. The molecule has 2 unspecified atom stereocenters. The van der Waals surface area contributed by atoms with Crippen molar-refractivity contribution < 1.29 is 0 Å². The monoisotopic (exact) mass is 169 g/mol. The van der Waals surface area contributed by atoms with E-state index in [0.29, 0.717) is 0 Å². The molecule has 1 nitrogen and oxygen atoms in total. The summed E-state index contributed by atoms with van der Waals surface area (Å²) in [5.74, 6) is 1.88. The number of hydrogen-bond donors (Lipinski definition) is 1. The minimum absolute atomic E-state index is 0.908. The van der Waals surface area contributed by atoms with Crippen LogP contribution < -0.4 is 5.32 Å². The van der Waals surface area contributed by atoms with Gasteiger partial charge < -0.3 is 5.32 Å². The number of nitrogens with one attached hydrogen (secondary N) is 1. The summed E-state index contributed by atoms with van der Waals surface area (Å²) < 4.78 is 0. The van der Waals surface area contributed by atoms with Gasteiger partial charge in [0.15, 0.2) is 0 Å². The molecule has 1 saturated heterocycles. The molecule has 0 aliphatic carbocycles. The summed E-state index contributed by atoms with van der Waals surface area (Å²) in [6.45, 7) is 7.15. The van der Waals surface area contributed by atoms with E-state index in [0.717, 1.165) is 11.8 Å². The van der Waals surface area contributed by atoms with Crippen LogP contribution in [0.1, 0.15) is 46.0 Å². The van der Waals surface area contributed by atoms with Crippen LogP contribution in [0, 0.1) is 11.8 Å². The fourth-order valence-electron chi connectivity index (χ4n) is 2.17. The Morgan fingerprint density at radius 2 is 2.08 bits per heavy atom. The first-order chi connectivity index (χ1) is 5.83. The molecule has 0 amide bonds. The highest BCUT2D eigenvalue weighted by atomic mass is 14.9. The van der Waals surface area contributed by atoms with Gasteiger partial charge in [0.25, 0.3) is 0 Å². The average molecular weight is 169 g/mol. The Morgan fingerprint density at radius 1 is 1.25 bits per heavy atom. The zero-order chi connectivity index (χ0) is 8.81. The molecule has 0 bridgehead atoms. The minimum Gasteiger partial charge on any atom is -0.316 e. The van der Waals surface area contributed by atoms with Gasteiger partial charge in [-0.15, -0.1) is 0 Å². The fraction of sp³-hybridized carbons (Fsp3) is 1.00. The Bertz CT molecular complexity index is 112. The minimum atomic E-state index is 0.908. The summed E-state index contributed by atoms with van der Waals surface area (Å²) in [5, 5.41) is 3.51. The molecule has 0 saturated carbocycles. The Labute approximate surface area is 76.9 Å². The van der Waals surface area contributed by atoms with E-state index in [1.165, 1.54) is 45.2 Å². The molecule has 0 aromatic rings. The zero-order valence-corrected chi connectivity index (χ0v) is 8.60. The molecule has 1 aliphatic rings. The molecule has 1 N–H and O–H groups in total. The molecular weight excluding hydrogens is 146 g/mol. The van der Waals surface area contributed by atoms with Gasteiger partial charge in [0, 0.05) is 0 Å². The summed E-state index contributed by atoms with van der Waals surface area (Å²) in [6, 6.07) is 0. The second-order valence-electron chi connectivity index (χ2n) is 4.36. The molecule has 2 atom stereocenters. The first kappa shape index (κ1) is 10.0. The molecule has 0 aromatic heterocycles. The molecule has 0 radical (unpaired) electrons. The third kappa shape index (κ3) is 3.57. The van der Waals surface area contributed by atoms with Crippen molar-refractivity contribution in [2.24, 2.45) is 11.8 Å². The highest BCUT2D eigenvalue weighted by molar-refractivity contribution is 4.73. The molecule has 1 heterocycles. The van der Waals surface area contributed by atoms with Crippen molar-refractivity contribution in [3.63, 3.8) is 0 Å². The van der Waals surface area contributed by atoms with Gasteiger partial charge in [-0.25, -0.2) is 0 Å². The van der Waals surface area contributed by atoms with Crippen LogP contribution in [0.2, 0.25) is 0 Å². The van der Waals surface area contributed by atoms with Crippen molar-refractivity contribution in [1.82, 2.24) is 5.32 Å². The molecule has 1 rings (SSSR count). The molecule has 1 heteroatoms. The lowest BCUT2D eigenvalue weighted by molar-refractivity contribution is 0.283. The maximum Gasteiger partial charge on any atom is -0.00203 e. The maximum atomic E-state index is 3.51. The van der Waals surface area contributed by atoms with Crippen LogP contribution in [0.3, 0.4) is 0 Å². The van der Waals surface area contributed by atoms with Crippen molar-refractivity contribution in [1.29, 1.82) is 0 Å².